The van der Waals surface area contributed by atoms with Gasteiger partial charge in [0.05, 0.1) is 13.2 Å². The lowest BCUT2D eigenvalue weighted by Crippen LogP contribution is -1.98. The zero-order chi connectivity index (χ0) is 11.8. The molecule has 0 heterocycles. The number of rotatable bonds is 3. The predicted octanol–water partition coefficient (Wildman–Crippen LogP) is 3.46. The van der Waals surface area contributed by atoms with E-state index in [-0.39, 0.29) is 4.75 Å². The highest BCUT2D eigenvalue weighted by Gasteiger charge is 2.44. The van der Waals surface area contributed by atoms with E-state index in [0.717, 1.165) is 24.2 Å². The Labute approximate surface area is 101 Å². The summed E-state index contributed by atoms with van der Waals surface area (Å²) in [6.07, 6.45) is 2.03. The van der Waals surface area contributed by atoms with E-state index >= 15 is 0 Å². The molecule has 2 nitrogen and oxygen atoms in total. The van der Waals surface area contributed by atoms with Crippen LogP contribution in [0.5, 0.6) is 5.75 Å². The highest BCUT2D eigenvalue weighted by molar-refractivity contribution is 8.01. The number of nitrogens with zero attached hydrogens (tertiary/aromatic N) is 1. The number of aryl methyl sites for hydroxylation is 2. The number of benzene rings is 1. The maximum atomic E-state index is 9.08. The van der Waals surface area contributed by atoms with Crippen molar-refractivity contribution < 1.29 is 4.74 Å². The van der Waals surface area contributed by atoms with Crippen LogP contribution in [0.3, 0.4) is 0 Å². The van der Waals surface area contributed by atoms with Gasteiger partial charge in [-0.2, -0.15) is 5.26 Å². The van der Waals surface area contributed by atoms with E-state index in [2.05, 4.69) is 19.1 Å². The third-order valence-electron chi connectivity index (χ3n) is 2.91. The summed E-state index contributed by atoms with van der Waals surface area (Å²) < 4.78 is 5.13. The van der Waals surface area contributed by atoms with E-state index in [1.165, 1.54) is 10.5 Å². The summed E-state index contributed by atoms with van der Waals surface area (Å²) in [5.41, 5.74) is 2.32. The quantitative estimate of drug-likeness (QED) is 0.801. The van der Waals surface area contributed by atoms with Gasteiger partial charge < -0.3 is 4.74 Å². The second-order valence-electron chi connectivity index (χ2n) is 4.30. The maximum Gasteiger partial charge on any atom is 0.122 e. The number of hydrogen-bond donors (Lipinski definition) is 0. The first kappa shape index (κ1) is 11.3. The SMILES string of the molecule is COc1cc(C)c(SC2(C#N)CC2)cc1C. The fourth-order valence-corrected chi connectivity index (χ4v) is 2.88. The first-order chi connectivity index (χ1) is 7.60. The molecule has 0 spiro atoms. The lowest BCUT2D eigenvalue weighted by Gasteiger charge is -2.12. The van der Waals surface area contributed by atoms with Crippen molar-refractivity contribution in [2.45, 2.75) is 36.3 Å². The highest BCUT2D eigenvalue weighted by Crippen LogP contribution is 2.52. The maximum absolute atomic E-state index is 9.08. The summed E-state index contributed by atoms with van der Waals surface area (Å²) in [5.74, 6) is 0.920. The molecule has 1 aliphatic rings. The van der Waals surface area contributed by atoms with Crippen molar-refractivity contribution in [3.63, 3.8) is 0 Å². The van der Waals surface area contributed by atoms with Crippen LogP contribution in [0, 0.1) is 25.2 Å². The number of ether oxygens (including phenoxy) is 1. The molecule has 0 amide bonds. The van der Waals surface area contributed by atoms with Crippen LogP contribution in [0.2, 0.25) is 0 Å². The number of nitriles is 1. The summed E-state index contributed by atoms with van der Waals surface area (Å²) in [5, 5.41) is 9.08. The zero-order valence-electron chi connectivity index (χ0n) is 9.83. The van der Waals surface area contributed by atoms with Gasteiger partial charge >= 0.3 is 0 Å². The number of methoxy groups -OCH3 is 1. The Morgan fingerprint density at radius 3 is 2.50 bits per heavy atom. The van der Waals surface area contributed by atoms with Gasteiger partial charge in [0.1, 0.15) is 10.5 Å². The van der Waals surface area contributed by atoms with Gasteiger partial charge in [0, 0.05) is 4.90 Å². The van der Waals surface area contributed by atoms with Crippen LogP contribution in [0.25, 0.3) is 0 Å². The average Bonchev–Trinajstić information content (AvgIpc) is 3.03. The van der Waals surface area contributed by atoms with E-state index in [4.69, 9.17) is 10.00 Å². The molecule has 0 atom stereocenters. The molecule has 0 aliphatic heterocycles. The van der Waals surface area contributed by atoms with Crippen molar-refractivity contribution in [2.24, 2.45) is 0 Å². The molecule has 1 saturated carbocycles. The Morgan fingerprint density at radius 1 is 1.31 bits per heavy atom. The van der Waals surface area contributed by atoms with E-state index in [1.54, 1.807) is 18.9 Å². The smallest absolute Gasteiger partial charge is 0.122 e. The number of thioether (sulfide) groups is 1. The van der Waals surface area contributed by atoms with Crippen molar-refractivity contribution in [1.29, 1.82) is 5.26 Å². The average molecular weight is 233 g/mol. The van der Waals surface area contributed by atoms with Crippen molar-refractivity contribution >= 4 is 11.8 Å². The zero-order valence-corrected chi connectivity index (χ0v) is 10.6. The lowest BCUT2D eigenvalue weighted by molar-refractivity contribution is 0.411. The number of hydrogen-bond acceptors (Lipinski definition) is 3. The van der Waals surface area contributed by atoms with Gasteiger partial charge in [-0.05, 0) is 49.9 Å². The van der Waals surface area contributed by atoms with Gasteiger partial charge in [-0.25, -0.2) is 0 Å². The van der Waals surface area contributed by atoms with Crippen molar-refractivity contribution in [3.8, 4) is 11.8 Å². The Bertz CT molecular complexity index is 458. The molecule has 0 bridgehead atoms. The van der Waals surface area contributed by atoms with Crippen molar-refractivity contribution in [3.05, 3.63) is 23.3 Å². The van der Waals surface area contributed by atoms with Crippen LogP contribution in [0.4, 0.5) is 0 Å². The summed E-state index contributed by atoms with van der Waals surface area (Å²) in [4.78, 5) is 1.21. The van der Waals surface area contributed by atoms with Crippen LogP contribution >= 0.6 is 11.8 Å². The second-order valence-corrected chi connectivity index (χ2v) is 5.72. The molecular weight excluding hydrogens is 218 g/mol. The Balaban J connectivity index is 2.29. The molecule has 84 valence electrons. The van der Waals surface area contributed by atoms with E-state index in [9.17, 15) is 0 Å². The third-order valence-corrected chi connectivity index (χ3v) is 4.46. The molecule has 1 aromatic carbocycles. The molecule has 1 aliphatic carbocycles. The van der Waals surface area contributed by atoms with E-state index in [1.807, 2.05) is 13.0 Å². The summed E-state index contributed by atoms with van der Waals surface area (Å²) >= 11 is 1.70. The summed E-state index contributed by atoms with van der Waals surface area (Å²) in [6.45, 7) is 4.10. The third kappa shape index (κ3) is 2.03. The van der Waals surface area contributed by atoms with Crippen LogP contribution in [-0.2, 0) is 0 Å². The fourth-order valence-electron chi connectivity index (χ4n) is 1.65. The minimum absolute atomic E-state index is 0.147. The van der Waals surface area contributed by atoms with Crippen LogP contribution < -0.4 is 4.74 Å². The van der Waals surface area contributed by atoms with Gasteiger partial charge in [0.15, 0.2) is 0 Å². The van der Waals surface area contributed by atoms with Gasteiger partial charge in [-0.3, -0.25) is 0 Å². The summed E-state index contributed by atoms with van der Waals surface area (Å²) in [7, 11) is 1.69. The molecule has 1 aromatic rings. The molecule has 0 saturated heterocycles. The van der Waals surface area contributed by atoms with Gasteiger partial charge in [0.25, 0.3) is 0 Å². The Hall–Kier alpha value is -1.14. The lowest BCUT2D eigenvalue weighted by atomic mass is 10.1. The fraction of sp³-hybridized carbons (Fsp3) is 0.462. The molecule has 0 aromatic heterocycles. The molecule has 0 unspecified atom stereocenters. The van der Waals surface area contributed by atoms with Gasteiger partial charge in [-0.15, -0.1) is 11.8 Å². The molecule has 1 fully saturated rings. The van der Waals surface area contributed by atoms with E-state index in [0.29, 0.717) is 0 Å². The van der Waals surface area contributed by atoms with Crippen LogP contribution in [0.15, 0.2) is 17.0 Å². The second kappa shape index (κ2) is 4.03. The molecular formula is C13H15NOS. The molecule has 16 heavy (non-hydrogen) atoms. The molecule has 3 heteroatoms. The predicted molar refractivity (Wildman–Crippen MR) is 65.9 cm³/mol. The molecule has 2 rings (SSSR count). The van der Waals surface area contributed by atoms with E-state index < -0.39 is 0 Å². The molecule has 0 N–H and O–H groups in total. The standard InChI is InChI=1S/C13H15NOS/c1-9-7-12(10(2)6-11(9)15-3)16-13(8-14)4-5-13/h6-7H,4-5H2,1-3H3. The minimum Gasteiger partial charge on any atom is -0.496 e. The first-order valence-corrected chi connectivity index (χ1v) is 6.17. The van der Waals surface area contributed by atoms with Crippen molar-refractivity contribution in [1.82, 2.24) is 0 Å². The largest absolute Gasteiger partial charge is 0.496 e. The van der Waals surface area contributed by atoms with Crippen LogP contribution in [-0.4, -0.2) is 11.9 Å². The summed E-state index contributed by atoms with van der Waals surface area (Å²) in [6, 6.07) is 6.58. The first-order valence-electron chi connectivity index (χ1n) is 5.36. The Kier molecular flexibility index (Phi) is 2.86. The van der Waals surface area contributed by atoms with Gasteiger partial charge in [-0.1, -0.05) is 0 Å². The van der Waals surface area contributed by atoms with Crippen LogP contribution in [0.1, 0.15) is 24.0 Å². The Morgan fingerprint density at radius 2 is 2.00 bits per heavy atom. The normalized spacial score (nSPS) is 16.6. The van der Waals surface area contributed by atoms with Gasteiger partial charge in [0.2, 0.25) is 0 Å². The highest BCUT2D eigenvalue weighted by atomic mass is 32.2. The minimum atomic E-state index is -0.147. The topological polar surface area (TPSA) is 33.0 Å². The monoisotopic (exact) mass is 233 g/mol. The molecule has 0 radical (unpaired) electrons. The van der Waals surface area contributed by atoms with Crippen molar-refractivity contribution in [2.75, 3.05) is 7.11 Å².